The highest BCUT2D eigenvalue weighted by Gasteiger charge is 2.31. The Bertz CT molecular complexity index is 1080. The van der Waals surface area contributed by atoms with Crippen LogP contribution in [0.1, 0.15) is 38.8 Å². The van der Waals surface area contributed by atoms with Gasteiger partial charge in [-0.25, -0.2) is 4.79 Å². The molecule has 9 heteroatoms. The Morgan fingerprint density at radius 3 is 2.55 bits per heavy atom. The first-order chi connectivity index (χ1) is 18.1. The second-order valence-corrected chi connectivity index (χ2v) is 10.5. The van der Waals surface area contributed by atoms with E-state index in [1.54, 1.807) is 24.1 Å². The maximum absolute atomic E-state index is 13.4. The van der Waals surface area contributed by atoms with Crippen LogP contribution in [0.2, 0.25) is 0 Å². The van der Waals surface area contributed by atoms with Crippen molar-refractivity contribution in [1.29, 1.82) is 0 Å². The van der Waals surface area contributed by atoms with Gasteiger partial charge in [-0.05, 0) is 63.7 Å². The van der Waals surface area contributed by atoms with E-state index < -0.39 is 0 Å². The number of anilines is 1. The van der Waals surface area contributed by atoms with Crippen molar-refractivity contribution in [2.24, 2.45) is 5.92 Å². The third-order valence-corrected chi connectivity index (χ3v) is 6.70. The summed E-state index contributed by atoms with van der Waals surface area (Å²) in [5, 5.41) is 15.5. The largest absolute Gasteiger partial charge is 0.497 e. The maximum Gasteiger partial charge on any atom is 0.319 e. The van der Waals surface area contributed by atoms with Gasteiger partial charge in [0.2, 0.25) is 5.91 Å². The Morgan fingerprint density at radius 1 is 1.21 bits per heavy atom. The monoisotopic (exact) mass is 526 g/mol. The van der Waals surface area contributed by atoms with Crippen LogP contribution in [0.25, 0.3) is 0 Å². The van der Waals surface area contributed by atoms with E-state index in [4.69, 9.17) is 9.47 Å². The van der Waals surface area contributed by atoms with Gasteiger partial charge in [-0.1, -0.05) is 19.1 Å². The van der Waals surface area contributed by atoms with E-state index in [2.05, 4.69) is 22.5 Å². The summed E-state index contributed by atoms with van der Waals surface area (Å²) >= 11 is 0. The van der Waals surface area contributed by atoms with Gasteiger partial charge in [0.25, 0.3) is 0 Å². The number of aliphatic hydroxyl groups is 1. The SMILES string of the molecule is COc1ccc(CN(C)C[C@@H]2Oc3ccc(NC(=O)NC(C)C)cc3CC(=O)N([C@H](C)CO)C[C@H]2C)cc1. The number of nitrogens with one attached hydrogen (secondary N) is 2. The van der Waals surface area contributed by atoms with E-state index in [1.165, 1.54) is 0 Å². The van der Waals surface area contributed by atoms with E-state index in [0.717, 1.165) is 17.9 Å². The van der Waals surface area contributed by atoms with Crippen molar-refractivity contribution in [2.45, 2.75) is 58.8 Å². The predicted molar refractivity (Wildman–Crippen MR) is 149 cm³/mol. The van der Waals surface area contributed by atoms with Crippen LogP contribution in [-0.2, 0) is 17.8 Å². The van der Waals surface area contributed by atoms with Crippen molar-refractivity contribution in [3.63, 3.8) is 0 Å². The van der Waals surface area contributed by atoms with Gasteiger partial charge in [0.05, 0.1) is 26.2 Å². The second kappa shape index (κ2) is 13.5. The van der Waals surface area contributed by atoms with Gasteiger partial charge in [-0.2, -0.15) is 0 Å². The molecule has 0 unspecified atom stereocenters. The lowest BCUT2D eigenvalue weighted by molar-refractivity contribution is -0.134. The van der Waals surface area contributed by atoms with Gasteiger partial charge >= 0.3 is 6.03 Å². The molecule has 1 aliphatic rings. The molecule has 38 heavy (non-hydrogen) atoms. The van der Waals surface area contributed by atoms with Crippen LogP contribution in [0.3, 0.4) is 0 Å². The molecule has 208 valence electrons. The molecule has 0 aliphatic carbocycles. The molecule has 2 aromatic carbocycles. The van der Waals surface area contributed by atoms with Crippen molar-refractivity contribution in [2.75, 3.05) is 39.2 Å². The number of carbonyl (C=O) groups excluding carboxylic acids is 2. The first-order valence-electron chi connectivity index (χ1n) is 13.2. The summed E-state index contributed by atoms with van der Waals surface area (Å²) in [6, 6.07) is 12.8. The Labute approximate surface area is 226 Å². The van der Waals surface area contributed by atoms with Crippen LogP contribution in [0.4, 0.5) is 10.5 Å². The highest BCUT2D eigenvalue weighted by atomic mass is 16.5. The number of aliphatic hydroxyl groups excluding tert-OH is 1. The van der Waals surface area contributed by atoms with Gasteiger partial charge in [0, 0.05) is 42.8 Å². The molecule has 0 fully saturated rings. The minimum Gasteiger partial charge on any atom is -0.497 e. The number of rotatable bonds is 9. The number of fused-ring (bicyclic) bond motifs is 1. The highest BCUT2D eigenvalue weighted by molar-refractivity contribution is 5.90. The molecule has 0 radical (unpaired) electrons. The van der Waals surface area contributed by atoms with E-state index >= 15 is 0 Å². The molecule has 0 saturated carbocycles. The third-order valence-electron chi connectivity index (χ3n) is 6.70. The summed E-state index contributed by atoms with van der Waals surface area (Å²) in [4.78, 5) is 29.6. The molecule has 2 aromatic rings. The van der Waals surface area contributed by atoms with Crippen LogP contribution in [0.5, 0.6) is 11.5 Å². The average Bonchev–Trinajstić information content (AvgIpc) is 2.91. The first-order valence-corrected chi connectivity index (χ1v) is 13.2. The summed E-state index contributed by atoms with van der Waals surface area (Å²) in [5.74, 6) is 1.37. The number of nitrogens with zero attached hydrogens (tertiary/aromatic N) is 2. The van der Waals surface area contributed by atoms with Gasteiger partial charge in [-0.15, -0.1) is 0 Å². The van der Waals surface area contributed by atoms with Gasteiger partial charge in [0.1, 0.15) is 17.6 Å². The number of likely N-dealkylation sites (N-methyl/N-ethyl adjacent to an activating group) is 1. The van der Waals surface area contributed by atoms with Crippen LogP contribution in [0, 0.1) is 5.92 Å². The van der Waals surface area contributed by atoms with E-state index in [-0.39, 0.29) is 49.1 Å². The molecule has 9 nitrogen and oxygen atoms in total. The van der Waals surface area contributed by atoms with E-state index in [9.17, 15) is 14.7 Å². The van der Waals surface area contributed by atoms with Crippen molar-refractivity contribution in [3.05, 3.63) is 53.6 Å². The minimum absolute atomic E-state index is 0.00144. The number of methoxy groups -OCH3 is 1. The zero-order chi connectivity index (χ0) is 27.8. The summed E-state index contributed by atoms with van der Waals surface area (Å²) in [5.41, 5.74) is 2.44. The minimum atomic E-state index is -0.317. The number of hydrogen-bond donors (Lipinski definition) is 3. The summed E-state index contributed by atoms with van der Waals surface area (Å²) in [6.45, 7) is 9.42. The number of carbonyl (C=O) groups is 2. The summed E-state index contributed by atoms with van der Waals surface area (Å²) in [7, 11) is 3.70. The number of benzene rings is 2. The Kier molecular flexibility index (Phi) is 10.4. The average molecular weight is 527 g/mol. The van der Waals surface area contributed by atoms with Crippen LogP contribution in [0.15, 0.2) is 42.5 Å². The molecule has 0 aromatic heterocycles. The molecular weight excluding hydrogens is 484 g/mol. The van der Waals surface area contributed by atoms with E-state index in [1.807, 2.05) is 58.2 Å². The maximum atomic E-state index is 13.4. The molecule has 0 bridgehead atoms. The predicted octanol–water partition coefficient (Wildman–Crippen LogP) is 3.51. The number of amides is 3. The van der Waals surface area contributed by atoms with Crippen molar-refractivity contribution in [3.8, 4) is 11.5 Å². The number of hydrogen-bond acceptors (Lipinski definition) is 6. The lowest BCUT2D eigenvalue weighted by Gasteiger charge is -2.34. The zero-order valence-electron chi connectivity index (χ0n) is 23.4. The molecular formula is C29H42N4O5. The fourth-order valence-electron chi connectivity index (χ4n) is 4.57. The molecule has 3 atom stereocenters. The Balaban J connectivity index is 1.85. The molecule has 1 heterocycles. The molecule has 0 spiro atoms. The summed E-state index contributed by atoms with van der Waals surface area (Å²) < 4.78 is 11.8. The van der Waals surface area contributed by atoms with E-state index in [0.29, 0.717) is 30.1 Å². The van der Waals surface area contributed by atoms with Crippen LogP contribution < -0.4 is 20.1 Å². The number of urea groups is 1. The van der Waals surface area contributed by atoms with Gasteiger partial charge in [0.15, 0.2) is 0 Å². The standard InChI is InChI=1S/C29H42N4O5/c1-19(2)30-29(36)31-24-9-12-26-23(13-24)14-28(35)33(21(4)18-34)15-20(3)27(38-26)17-32(5)16-22-7-10-25(37-6)11-8-22/h7-13,19-21,27,34H,14-18H2,1-6H3,(H2,30,31,36)/t20-,21-,27+/m1/s1. The molecule has 3 N–H and O–H groups in total. The second-order valence-electron chi connectivity index (χ2n) is 10.5. The topological polar surface area (TPSA) is 103 Å². The highest BCUT2D eigenvalue weighted by Crippen LogP contribution is 2.29. The van der Waals surface area contributed by atoms with Gasteiger partial charge < -0.3 is 30.1 Å². The van der Waals surface area contributed by atoms with Crippen molar-refractivity contribution >= 4 is 17.6 Å². The van der Waals surface area contributed by atoms with Crippen molar-refractivity contribution in [1.82, 2.24) is 15.1 Å². The third kappa shape index (κ3) is 8.10. The fraction of sp³-hybridized carbons (Fsp3) is 0.517. The number of ether oxygens (including phenoxy) is 2. The quantitative estimate of drug-likeness (QED) is 0.462. The fourth-order valence-corrected chi connectivity index (χ4v) is 4.57. The van der Waals surface area contributed by atoms with Crippen molar-refractivity contribution < 1.29 is 24.2 Å². The van der Waals surface area contributed by atoms with Crippen LogP contribution in [-0.4, -0.2) is 78.9 Å². The Morgan fingerprint density at radius 2 is 1.92 bits per heavy atom. The van der Waals surface area contributed by atoms with Crippen LogP contribution >= 0.6 is 0 Å². The molecule has 0 saturated heterocycles. The molecule has 3 amide bonds. The normalized spacial score (nSPS) is 18.7. The summed E-state index contributed by atoms with van der Waals surface area (Å²) in [6.07, 6.45) is -0.0957. The molecule has 3 rings (SSSR count). The lowest BCUT2D eigenvalue weighted by atomic mass is 10.0. The van der Waals surface area contributed by atoms with Gasteiger partial charge in [-0.3, -0.25) is 9.69 Å². The Hall–Kier alpha value is -3.30. The zero-order valence-corrected chi connectivity index (χ0v) is 23.4. The first kappa shape index (κ1) is 29.3. The lowest BCUT2D eigenvalue weighted by Crippen LogP contribution is -2.47. The molecule has 1 aliphatic heterocycles. The smallest absolute Gasteiger partial charge is 0.319 e.